The van der Waals surface area contributed by atoms with Gasteiger partial charge in [-0.15, -0.1) is 0 Å². The quantitative estimate of drug-likeness (QED) is 0.751. The summed E-state index contributed by atoms with van der Waals surface area (Å²) in [6.07, 6.45) is 0.558. The van der Waals surface area contributed by atoms with E-state index in [0.29, 0.717) is 30.2 Å². The SMILES string of the molecule is O=C(Nc1ccc(Cl)cc1)N1CCc2c([nH][nH]c2=O)C1. The van der Waals surface area contributed by atoms with Crippen LogP contribution in [0, 0.1) is 0 Å². The summed E-state index contributed by atoms with van der Waals surface area (Å²) < 4.78 is 0. The Kier molecular flexibility index (Phi) is 3.23. The number of H-pyrrole nitrogens is 2. The van der Waals surface area contributed by atoms with Crippen LogP contribution in [-0.4, -0.2) is 27.7 Å². The number of rotatable bonds is 1. The molecule has 2 amide bonds. The number of carbonyl (C=O) groups is 1. The van der Waals surface area contributed by atoms with Gasteiger partial charge in [-0.25, -0.2) is 4.79 Å². The fourth-order valence-corrected chi connectivity index (χ4v) is 2.37. The molecule has 7 heteroatoms. The Morgan fingerprint density at radius 1 is 1.25 bits per heavy atom. The monoisotopic (exact) mass is 292 g/mol. The average molecular weight is 293 g/mol. The van der Waals surface area contributed by atoms with Crippen LogP contribution in [0.5, 0.6) is 0 Å². The molecule has 3 rings (SSSR count). The molecule has 0 atom stereocenters. The molecule has 2 heterocycles. The first-order chi connectivity index (χ1) is 9.63. The van der Waals surface area contributed by atoms with E-state index < -0.39 is 0 Å². The molecule has 0 fully saturated rings. The van der Waals surface area contributed by atoms with Crippen LogP contribution in [-0.2, 0) is 13.0 Å². The molecule has 0 saturated carbocycles. The molecule has 1 aliphatic rings. The normalized spacial score (nSPS) is 13.9. The Morgan fingerprint density at radius 3 is 2.75 bits per heavy atom. The predicted molar refractivity (Wildman–Crippen MR) is 76.0 cm³/mol. The third-order valence-corrected chi connectivity index (χ3v) is 3.58. The molecule has 1 aromatic carbocycles. The number of nitrogens with one attached hydrogen (secondary N) is 3. The summed E-state index contributed by atoms with van der Waals surface area (Å²) >= 11 is 5.80. The predicted octanol–water partition coefficient (Wildman–Crippen LogP) is 1.95. The molecule has 1 aliphatic heterocycles. The molecule has 6 nitrogen and oxygen atoms in total. The lowest BCUT2D eigenvalue weighted by Crippen LogP contribution is -2.39. The number of urea groups is 1. The molecule has 0 saturated heterocycles. The summed E-state index contributed by atoms with van der Waals surface area (Å²) in [6, 6.07) is 6.73. The van der Waals surface area contributed by atoms with Crippen LogP contribution in [0.2, 0.25) is 5.02 Å². The van der Waals surface area contributed by atoms with E-state index >= 15 is 0 Å². The Morgan fingerprint density at radius 2 is 2.00 bits per heavy atom. The summed E-state index contributed by atoms with van der Waals surface area (Å²) in [5.41, 5.74) is 2.10. The first-order valence-electron chi connectivity index (χ1n) is 6.23. The average Bonchev–Trinajstić information content (AvgIpc) is 2.82. The molecule has 0 spiro atoms. The largest absolute Gasteiger partial charge is 0.322 e. The molecule has 0 bridgehead atoms. The lowest BCUT2D eigenvalue weighted by atomic mass is 10.1. The summed E-state index contributed by atoms with van der Waals surface area (Å²) in [6.45, 7) is 0.918. The smallest absolute Gasteiger partial charge is 0.318 e. The number of aromatic nitrogens is 2. The van der Waals surface area contributed by atoms with Gasteiger partial charge in [0.05, 0.1) is 12.2 Å². The number of hydrogen-bond donors (Lipinski definition) is 3. The highest BCUT2D eigenvalue weighted by Crippen LogP contribution is 2.17. The maximum absolute atomic E-state index is 12.1. The number of fused-ring (bicyclic) bond motifs is 1. The van der Waals surface area contributed by atoms with Gasteiger partial charge in [0.25, 0.3) is 5.56 Å². The fourth-order valence-electron chi connectivity index (χ4n) is 2.25. The molecule has 0 aliphatic carbocycles. The summed E-state index contributed by atoms with van der Waals surface area (Å²) in [5, 5.41) is 8.77. The van der Waals surface area contributed by atoms with Crippen LogP contribution in [0.1, 0.15) is 11.3 Å². The number of anilines is 1. The lowest BCUT2D eigenvalue weighted by molar-refractivity contribution is 0.205. The van der Waals surface area contributed by atoms with Crippen LogP contribution in [0.15, 0.2) is 29.1 Å². The van der Waals surface area contributed by atoms with Gasteiger partial charge >= 0.3 is 6.03 Å². The van der Waals surface area contributed by atoms with E-state index in [9.17, 15) is 9.59 Å². The highest BCUT2D eigenvalue weighted by Gasteiger charge is 2.23. The van der Waals surface area contributed by atoms with E-state index in [1.807, 2.05) is 0 Å². The topological polar surface area (TPSA) is 81.0 Å². The number of benzene rings is 1. The second-order valence-electron chi connectivity index (χ2n) is 4.64. The van der Waals surface area contributed by atoms with Gasteiger partial charge in [0.2, 0.25) is 0 Å². The number of carbonyl (C=O) groups excluding carboxylic acids is 1. The van der Waals surface area contributed by atoms with Crippen molar-refractivity contribution in [2.24, 2.45) is 0 Å². The second kappa shape index (κ2) is 5.05. The first-order valence-corrected chi connectivity index (χ1v) is 6.61. The van der Waals surface area contributed by atoms with E-state index in [-0.39, 0.29) is 11.6 Å². The second-order valence-corrected chi connectivity index (χ2v) is 5.08. The van der Waals surface area contributed by atoms with Crippen molar-refractivity contribution in [1.29, 1.82) is 0 Å². The van der Waals surface area contributed by atoms with Gasteiger partial charge in [0.1, 0.15) is 0 Å². The minimum Gasteiger partial charge on any atom is -0.318 e. The van der Waals surface area contributed by atoms with Crippen molar-refractivity contribution in [1.82, 2.24) is 15.1 Å². The Labute approximate surface area is 119 Å². The summed E-state index contributed by atoms with van der Waals surface area (Å²) in [5.74, 6) is 0. The Balaban J connectivity index is 1.70. The maximum Gasteiger partial charge on any atom is 0.322 e. The zero-order chi connectivity index (χ0) is 14.1. The van der Waals surface area contributed by atoms with Crippen molar-refractivity contribution in [2.45, 2.75) is 13.0 Å². The van der Waals surface area contributed by atoms with Crippen molar-refractivity contribution in [3.05, 3.63) is 50.9 Å². The van der Waals surface area contributed by atoms with Crippen LogP contribution < -0.4 is 10.9 Å². The first kappa shape index (κ1) is 12.8. The van der Waals surface area contributed by atoms with Crippen LogP contribution in [0.4, 0.5) is 10.5 Å². The van der Waals surface area contributed by atoms with E-state index in [1.165, 1.54) is 0 Å². The Bertz CT molecular complexity index is 689. The minimum absolute atomic E-state index is 0.0993. The highest BCUT2D eigenvalue weighted by atomic mass is 35.5. The summed E-state index contributed by atoms with van der Waals surface area (Å²) in [7, 11) is 0. The minimum atomic E-state index is -0.194. The third kappa shape index (κ3) is 2.42. The number of amides is 2. The molecule has 0 unspecified atom stereocenters. The van der Waals surface area contributed by atoms with Crippen LogP contribution in [0.3, 0.4) is 0 Å². The molecular formula is C13H13ClN4O2. The number of aromatic amines is 2. The van der Waals surface area contributed by atoms with Crippen molar-refractivity contribution in [3.63, 3.8) is 0 Å². The van der Waals surface area contributed by atoms with Crippen LogP contribution in [0.25, 0.3) is 0 Å². The van der Waals surface area contributed by atoms with Gasteiger partial charge in [-0.3, -0.25) is 9.89 Å². The molecular weight excluding hydrogens is 280 g/mol. The van der Waals surface area contributed by atoms with E-state index in [4.69, 9.17) is 11.6 Å². The van der Waals surface area contributed by atoms with Gasteiger partial charge in [-0.1, -0.05) is 11.6 Å². The lowest BCUT2D eigenvalue weighted by Gasteiger charge is -2.26. The fraction of sp³-hybridized carbons (Fsp3) is 0.231. The van der Waals surface area contributed by atoms with Crippen LogP contribution >= 0.6 is 11.6 Å². The molecule has 3 N–H and O–H groups in total. The van der Waals surface area contributed by atoms with Crippen molar-refractivity contribution in [2.75, 3.05) is 11.9 Å². The van der Waals surface area contributed by atoms with Crippen molar-refractivity contribution >= 4 is 23.3 Å². The highest BCUT2D eigenvalue weighted by molar-refractivity contribution is 6.30. The van der Waals surface area contributed by atoms with E-state index in [0.717, 1.165) is 11.3 Å². The molecule has 104 valence electrons. The number of nitrogens with zero attached hydrogens (tertiary/aromatic N) is 1. The number of halogens is 1. The molecule has 1 aromatic heterocycles. The van der Waals surface area contributed by atoms with Gasteiger partial charge < -0.3 is 15.3 Å². The maximum atomic E-state index is 12.1. The van der Waals surface area contributed by atoms with Crippen molar-refractivity contribution < 1.29 is 4.79 Å². The zero-order valence-electron chi connectivity index (χ0n) is 10.6. The Hall–Kier alpha value is -2.21. The standard InChI is InChI=1S/C13H13ClN4O2/c14-8-1-3-9(4-2-8)15-13(20)18-6-5-10-11(7-18)16-17-12(10)19/h1-4H,5-7H2,(H,15,20)(H2,16,17,19). The van der Waals surface area contributed by atoms with E-state index in [1.54, 1.807) is 29.2 Å². The van der Waals surface area contributed by atoms with Gasteiger partial charge in [-0.2, -0.15) is 0 Å². The molecule has 2 aromatic rings. The number of hydrogen-bond acceptors (Lipinski definition) is 2. The molecule has 0 radical (unpaired) electrons. The van der Waals surface area contributed by atoms with Crippen molar-refractivity contribution in [3.8, 4) is 0 Å². The van der Waals surface area contributed by atoms with E-state index in [2.05, 4.69) is 15.5 Å². The van der Waals surface area contributed by atoms with Gasteiger partial charge in [0, 0.05) is 22.8 Å². The third-order valence-electron chi connectivity index (χ3n) is 3.33. The van der Waals surface area contributed by atoms with Gasteiger partial charge in [0.15, 0.2) is 0 Å². The molecule has 20 heavy (non-hydrogen) atoms. The van der Waals surface area contributed by atoms with Gasteiger partial charge in [-0.05, 0) is 30.7 Å². The zero-order valence-corrected chi connectivity index (χ0v) is 11.3. The summed E-state index contributed by atoms with van der Waals surface area (Å²) in [4.78, 5) is 25.2.